The number of carbonyl (C=O) groups is 2. The molecule has 0 aliphatic carbocycles. The Kier molecular flexibility index (Phi) is 9.66. The number of fused-ring (bicyclic) bond motifs is 1. The first kappa shape index (κ1) is 24.7. The van der Waals surface area contributed by atoms with Crippen LogP contribution in [0.3, 0.4) is 0 Å². The predicted octanol–water partition coefficient (Wildman–Crippen LogP) is 5.14. The molecule has 1 aliphatic heterocycles. The molecular formula is C26H36N2O5. The number of amides is 2. The maximum atomic E-state index is 13.3. The van der Waals surface area contributed by atoms with Crippen LogP contribution in [0.5, 0.6) is 11.5 Å². The molecule has 3 rings (SSSR count). The van der Waals surface area contributed by atoms with E-state index in [1.54, 1.807) is 16.1 Å². The van der Waals surface area contributed by atoms with Crippen molar-refractivity contribution in [3.63, 3.8) is 0 Å². The fourth-order valence-electron chi connectivity index (χ4n) is 3.95. The molecule has 1 aromatic heterocycles. The second kappa shape index (κ2) is 12.9. The van der Waals surface area contributed by atoms with Gasteiger partial charge >= 0.3 is 0 Å². The summed E-state index contributed by atoms with van der Waals surface area (Å²) in [5.41, 5.74) is 0.934. The summed E-state index contributed by atoms with van der Waals surface area (Å²) in [6.07, 6.45) is 8.38. The molecular weight excluding hydrogens is 420 g/mol. The Morgan fingerprint density at radius 1 is 0.879 bits per heavy atom. The third kappa shape index (κ3) is 7.55. The highest BCUT2D eigenvalue weighted by Gasteiger charge is 2.23. The van der Waals surface area contributed by atoms with Crippen LogP contribution >= 0.6 is 0 Å². The summed E-state index contributed by atoms with van der Waals surface area (Å²) in [4.78, 5) is 29.6. The van der Waals surface area contributed by atoms with E-state index < -0.39 is 0 Å². The van der Waals surface area contributed by atoms with Gasteiger partial charge in [-0.15, -0.1) is 0 Å². The second-order valence-corrected chi connectivity index (χ2v) is 8.50. The molecule has 0 fully saturated rings. The molecule has 2 amide bonds. The van der Waals surface area contributed by atoms with Crippen molar-refractivity contribution in [3.8, 4) is 11.5 Å². The number of hydrogen-bond donors (Lipinski definition) is 0. The van der Waals surface area contributed by atoms with Crippen LogP contribution in [0.4, 0.5) is 0 Å². The van der Waals surface area contributed by atoms with Gasteiger partial charge < -0.3 is 23.7 Å². The normalized spacial score (nSPS) is 12.1. The minimum atomic E-state index is -0.100. The van der Waals surface area contributed by atoms with Crippen LogP contribution in [-0.2, 0) is 22.7 Å². The minimum Gasteiger partial charge on any atom is -0.467 e. The molecule has 0 radical (unpaired) electrons. The zero-order valence-corrected chi connectivity index (χ0v) is 19.9. The van der Waals surface area contributed by atoms with E-state index in [-0.39, 0.29) is 25.2 Å². The molecule has 0 saturated carbocycles. The highest BCUT2D eigenvalue weighted by Crippen LogP contribution is 2.33. The van der Waals surface area contributed by atoms with Crippen molar-refractivity contribution in [1.29, 1.82) is 0 Å². The van der Waals surface area contributed by atoms with Gasteiger partial charge in [0, 0.05) is 19.5 Å². The maximum Gasteiger partial charge on any atom is 0.242 e. The average molecular weight is 457 g/mol. The first-order valence-corrected chi connectivity index (χ1v) is 12.1. The molecule has 0 unspecified atom stereocenters. The Morgan fingerprint density at radius 2 is 1.70 bits per heavy atom. The lowest BCUT2D eigenvalue weighted by atomic mass is 10.1. The fraction of sp³-hybridized carbons (Fsp3) is 0.538. The number of hydrogen-bond acceptors (Lipinski definition) is 5. The highest BCUT2D eigenvalue weighted by molar-refractivity contribution is 5.84. The smallest absolute Gasteiger partial charge is 0.242 e. The van der Waals surface area contributed by atoms with E-state index in [0.29, 0.717) is 43.3 Å². The van der Waals surface area contributed by atoms with Gasteiger partial charge in [-0.3, -0.25) is 9.59 Å². The van der Waals surface area contributed by atoms with Crippen LogP contribution < -0.4 is 9.47 Å². The zero-order chi connectivity index (χ0) is 23.5. The van der Waals surface area contributed by atoms with Crippen LogP contribution in [0.15, 0.2) is 41.0 Å². The number of benzene rings is 1. The summed E-state index contributed by atoms with van der Waals surface area (Å²) in [6.45, 7) is 5.80. The number of carbonyl (C=O) groups excluding carboxylic acids is 2. The number of rotatable bonds is 14. The molecule has 7 heteroatoms. The number of ether oxygens (including phenoxy) is 2. The van der Waals surface area contributed by atoms with Gasteiger partial charge in [-0.05, 0) is 42.7 Å². The van der Waals surface area contributed by atoms with E-state index >= 15 is 0 Å². The van der Waals surface area contributed by atoms with E-state index in [2.05, 4.69) is 6.92 Å². The molecule has 0 saturated heterocycles. The molecule has 180 valence electrons. The summed E-state index contributed by atoms with van der Waals surface area (Å²) < 4.78 is 16.4. The minimum absolute atomic E-state index is 0.0581. The van der Waals surface area contributed by atoms with Gasteiger partial charge in [0.15, 0.2) is 11.5 Å². The van der Waals surface area contributed by atoms with Crippen LogP contribution in [0.2, 0.25) is 0 Å². The highest BCUT2D eigenvalue weighted by atomic mass is 16.7. The number of unbranched alkanes of at least 4 members (excludes halogenated alkanes) is 4. The van der Waals surface area contributed by atoms with Gasteiger partial charge in [0.2, 0.25) is 18.6 Å². The Hall–Kier alpha value is -2.96. The summed E-state index contributed by atoms with van der Waals surface area (Å²) in [6, 6.07) is 9.35. The van der Waals surface area contributed by atoms with Gasteiger partial charge in [-0.1, -0.05) is 45.6 Å². The fourth-order valence-corrected chi connectivity index (χ4v) is 3.95. The lowest BCUT2D eigenvalue weighted by Crippen LogP contribution is -2.42. The van der Waals surface area contributed by atoms with Gasteiger partial charge in [0.25, 0.3) is 0 Å². The third-order valence-electron chi connectivity index (χ3n) is 5.76. The summed E-state index contributed by atoms with van der Waals surface area (Å²) in [5, 5.41) is 0. The van der Waals surface area contributed by atoms with E-state index in [4.69, 9.17) is 13.9 Å². The molecule has 1 aromatic carbocycles. The van der Waals surface area contributed by atoms with Gasteiger partial charge in [0.05, 0.1) is 19.4 Å². The van der Waals surface area contributed by atoms with Gasteiger partial charge in [-0.25, -0.2) is 0 Å². The molecule has 2 heterocycles. The standard InChI is InChI=1S/C26H36N2O5/c1-3-5-6-7-8-11-25(29)27(14-4-2)19-26(30)28(18-22-10-9-15-31-22)17-21-12-13-23-24(16-21)33-20-32-23/h9-10,12-13,15-16H,3-8,11,14,17-20H2,1-2H3. The summed E-state index contributed by atoms with van der Waals surface area (Å²) in [7, 11) is 0. The monoisotopic (exact) mass is 456 g/mol. The summed E-state index contributed by atoms with van der Waals surface area (Å²) >= 11 is 0. The third-order valence-corrected chi connectivity index (χ3v) is 5.76. The topological polar surface area (TPSA) is 72.2 Å². The van der Waals surface area contributed by atoms with Crippen LogP contribution in [0.25, 0.3) is 0 Å². The van der Waals surface area contributed by atoms with Gasteiger partial charge in [-0.2, -0.15) is 0 Å². The van der Waals surface area contributed by atoms with Crippen molar-refractivity contribution in [2.45, 2.75) is 71.9 Å². The van der Waals surface area contributed by atoms with Crippen molar-refractivity contribution in [2.75, 3.05) is 19.9 Å². The predicted molar refractivity (Wildman–Crippen MR) is 126 cm³/mol. The molecule has 0 N–H and O–H groups in total. The Morgan fingerprint density at radius 3 is 2.45 bits per heavy atom. The van der Waals surface area contributed by atoms with Crippen LogP contribution in [0.1, 0.15) is 70.1 Å². The molecule has 0 spiro atoms. The van der Waals surface area contributed by atoms with Crippen LogP contribution in [0, 0.1) is 0 Å². The van der Waals surface area contributed by atoms with Crippen molar-refractivity contribution in [1.82, 2.24) is 9.80 Å². The van der Waals surface area contributed by atoms with Crippen molar-refractivity contribution < 1.29 is 23.5 Å². The molecule has 33 heavy (non-hydrogen) atoms. The first-order valence-electron chi connectivity index (χ1n) is 12.1. The number of nitrogens with zero attached hydrogens (tertiary/aromatic N) is 2. The largest absolute Gasteiger partial charge is 0.467 e. The lowest BCUT2D eigenvalue weighted by Gasteiger charge is -2.27. The molecule has 7 nitrogen and oxygen atoms in total. The van der Waals surface area contributed by atoms with E-state index in [9.17, 15) is 9.59 Å². The Balaban J connectivity index is 1.65. The molecule has 0 atom stereocenters. The Bertz CT molecular complexity index is 881. The Labute approximate surface area is 196 Å². The lowest BCUT2D eigenvalue weighted by molar-refractivity contribution is -0.141. The van der Waals surface area contributed by atoms with Crippen LogP contribution in [-0.4, -0.2) is 41.5 Å². The van der Waals surface area contributed by atoms with E-state index in [0.717, 1.165) is 31.2 Å². The first-order chi connectivity index (χ1) is 16.1. The van der Waals surface area contributed by atoms with Crippen molar-refractivity contribution >= 4 is 11.8 Å². The maximum absolute atomic E-state index is 13.3. The summed E-state index contributed by atoms with van der Waals surface area (Å²) in [5.74, 6) is 2.05. The van der Waals surface area contributed by atoms with E-state index in [1.165, 1.54) is 12.8 Å². The van der Waals surface area contributed by atoms with Gasteiger partial charge in [0.1, 0.15) is 5.76 Å². The SMILES string of the molecule is CCCCCCCC(=O)N(CCC)CC(=O)N(Cc1ccc2c(c1)OCO2)Cc1ccco1. The second-order valence-electron chi connectivity index (χ2n) is 8.50. The zero-order valence-electron chi connectivity index (χ0n) is 19.9. The molecule has 1 aliphatic rings. The quantitative estimate of drug-likeness (QED) is 0.368. The molecule has 0 bridgehead atoms. The van der Waals surface area contributed by atoms with Crippen molar-refractivity contribution in [2.24, 2.45) is 0 Å². The molecule has 2 aromatic rings. The number of furan rings is 1. The van der Waals surface area contributed by atoms with E-state index in [1.807, 2.05) is 37.3 Å². The van der Waals surface area contributed by atoms with Crippen molar-refractivity contribution in [3.05, 3.63) is 47.9 Å². The average Bonchev–Trinajstić information content (AvgIpc) is 3.49.